The minimum atomic E-state index is 0.137. The van der Waals surface area contributed by atoms with E-state index in [-0.39, 0.29) is 5.91 Å². The molecule has 1 saturated heterocycles. The minimum Gasteiger partial charge on any atom is -0.493 e. The Morgan fingerprint density at radius 3 is 2.65 bits per heavy atom. The number of carbonyl (C=O) groups excluding carboxylic acids is 1. The highest BCUT2D eigenvalue weighted by Crippen LogP contribution is 2.25. The molecule has 0 aromatic carbocycles. The van der Waals surface area contributed by atoms with Gasteiger partial charge in [-0.3, -0.25) is 4.79 Å². The summed E-state index contributed by atoms with van der Waals surface area (Å²) in [5, 5.41) is 0. The summed E-state index contributed by atoms with van der Waals surface area (Å²) in [6, 6.07) is 3.76. The molecular formula is C12H17N3O2. The van der Waals surface area contributed by atoms with Crippen LogP contribution in [0.3, 0.4) is 0 Å². The molecule has 0 N–H and O–H groups in total. The molecule has 5 nitrogen and oxygen atoms in total. The third-order valence-corrected chi connectivity index (χ3v) is 3.00. The van der Waals surface area contributed by atoms with Gasteiger partial charge in [-0.25, -0.2) is 4.98 Å². The highest BCUT2D eigenvalue weighted by atomic mass is 16.5. The van der Waals surface area contributed by atoms with Gasteiger partial charge in [0.05, 0.1) is 7.11 Å². The normalized spacial score (nSPS) is 15.9. The third kappa shape index (κ3) is 2.49. The smallest absolute Gasteiger partial charge is 0.219 e. The van der Waals surface area contributed by atoms with Crippen LogP contribution in [-0.4, -0.2) is 49.1 Å². The van der Waals surface area contributed by atoms with Crippen LogP contribution in [0.25, 0.3) is 0 Å². The molecule has 1 aromatic rings. The summed E-state index contributed by atoms with van der Waals surface area (Å²) < 4.78 is 5.29. The number of methoxy groups -OCH3 is 1. The molecule has 0 saturated carbocycles. The van der Waals surface area contributed by atoms with E-state index in [1.165, 1.54) is 0 Å². The lowest BCUT2D eigenvalue weighted by Crippen LogP contribution is -2.48. The van der Waals surface area contributed by atoms with E-state index in [2.05, 4.69) is 9.88 Å². The number of carbonyl (C=O) groups is 1. The fourth-order valence-electron chi connectivity index (χ4n) is 2.01. The van der Waals surface area contributed by atoms with Crippen molar-refractivity contribution in [3.05, 3.63) is 18.3 Å². The fourth-order valence-corrected chi connectivity index (χ4v) is 2.01. The highest BCUT2D eigenvalue weighted by molar-refractivity contribution is 5.73. The monoisotopic (exact) mass is 235 g/mol. The zero-order valence-corrected chi connectivity index (χ0v) is 10.2. The molecule has 2 rings (SSSR count). The average molecular weight is 235 g/mol. The van der Waals surface area contributed by atoms with E-state index >= 15 is 0 Å². The molecule has 1 amide bonds. The molecule has 0 atom stereocenters. The predicted molar refractivity (Wildman–Crippen MR) is 65.3 cm³/mol. The molecule has 1 aromatic heterocycles. The van der Waals surface area contributed by atoms with Crippen LogP contribution in [0, 0.1) is 0 Å². The van der Waals surface area contributed by atoms with E-state index in [4.69, 9.17) is 4.74 Å². The minimum absolute atomic E-state index is 0.137. The van der Waals surface area contributed by atoms with Gasteiger partial charge >= 0.3 is 0 Å². The molecule has 0 bridgehead atoms. The number of piperazine rings is 1. The molecular weight excluding hydrogens is 218 g/mol. The summed E-state index contributed by atoms with van der Waals surface area (Å²) in [6.07, 6.45) is 1.76. The zero-order valence-electron chi connectivity index (χ0n) is 10.2. The summed E-state index contributed by atoms with van der Waals surface area (Å²) in [7, 11) is 1.65. The maximum atomic E-state index is 11.2. The Balaban J connectivity index is 2.07. The summed E-state index contributed by atoms with van der Waals surface area (Å²) in [4.78, 5) is 19.6. The van der Waals surface area contributed by atoms with E-state index in [9.17, 15) is 4.79 Å². The maximum absolute atomic E-state index is 11.2. The molecule has 0 radical (unpaired) electrons. The largest absolute Gasteiger partial charge is 0.493 e. The molecule has 17 heavy (non-hydrogen) atoms. The van der Waals surface area contributed by atoms with Gasteiger partial charge in [0, 0.05) is 39.3 Å². The zero-order chi connectivity index (χ0) is 12.3. The molecule has 1 fully saturated rings. The quantitative estimate of drug-likeness (QED) is 0.759. The van der Waals surface area contributed by atoms with Crippen molar-refractivity contribution >= 4 is 11.7 Å². The second kappa shape index (κ2) is 5.03. The number of pyridine rings is 1. The molecule has 92 valence electrons. The first kappa shape index (κ1) is 11.7. The number of nitrogens with zero attached hydrogens (tertiary/aromatic N) is 3. The van der Waals surface area contributed by atoms with Gasteiger partial charge in [0.15, 0.2) is 11.6 Å². The average Bonchev–Trinajstić information content (AvgIpc) is 2.39. The summed E-state index contributed by atoms with van der Waals surface area (Å²) in [5.74, 6) is 1.78. The van der Waals surface area contributed by atoms with Crippen LogP contribution >= 0.6 is 0 Å². The molecule has 5 heteroatoms. The first-order chi connectivity index (χ1) is 8.22. The van der Waals surface area contributed by atoms with Crippen LogP contribution in [0.15, 0.2) is 18.3 Å². The van der Waals surface area contributed by atoms with Gasteiger partial charge in [-0.05, 0) is 12.1 Å². The van der Waals surface area contributed by atoms with Gasteiger partial charge in [-0.1, -0.05) is 0 Å². The number of hydrogen-bond donors (Lipinski definition) is 0. The van der Waals surface area contributed by atoms with Crippen molar-refractivity contribution in [2.45, 2.75) is 6.92 Å². The Morgan fingerprint density at radius 2 is 2.06 bits per heavy atom. The molecule has 1 aliphatic heterocycles. The molecule has 2 heterocycles. The van der Waals surface area contributed by atoms with Gasteiger partial charge in [0.25, 0.3) is 0 Å². The highest BCUT2D eigenvalue weighted by Gasteiger charge is 2.21. The van der Waals surface area contributed by atoms with Gasteiger partial charge in [-0.15, -0.1) is 0 Å². The van der Waals surface area contributed by atoms with Crippen molar-refractivity contribution in [1.29, 1.82) is 0 Å². The van der Waals surface area contributed by atoms with Crippen molar-refractivity contribution in [2.24, 2.45) is 0 Å². The first-order valence-electron chi connectivity index (χ1n) is 5.72. The summed E-state index contributed by atoms with van der Waals surface area (Å²) in [6.45, 7) is 4.70. The van der Waals surface area contributed by atoms with Crippen molar-refractivity contribution in [2.75, 3.05) is 38.2 Å². The number of amides is 1. The van der Waals surface area contributed by atoms with Crippen LogP contribution in [0.1, 0.15) is 6.92 Å². The Kier molecular flexibility index (Phi) is 3.46. The van der Waals surface area contributed by atoms with Crippen molar-refractivity contribution < 1.29 is 9.53 Å². The third-order valence-electron chi connectivity index (χ3n) is 3.00. The van der Waals surface area contributed by atoms with Gasteiger partial charge < -0.3 is 14.5 Å². The van der Waals surface area contributed by atoms with Crippen LogP contribution in [0.4, 0.5) is 5.82 Å². The topological polar surface area (TPSA) is 45.7 Å². The second-order valence-electron chi connectivity index (χ2n) is 4.02. The van der Waals surface area contributed by atoms with Gasteiger partial charge in [0.1, 0.15) is 0 Å². The van der Waals surface area contributed by atoms with E-state index < -0.39 is 0 Å². The summed E-state index contributed by atoms with van der Waals surface area (Å²) >= 11 is 0. The van der Waals surface area contributed by atoms with Gasteiger partial charge in [0.2, 0.25) is 5.91 Å². The lowest BCUT2D eigenvalue weighted by Gasteiger charge is -2.35. The number of anilines is 1. The van der Waals surface area contributed by atoms with E-state index in [0.29, 0.717) is 0 Å². The Morgan fingerprint density at radius 1 is 1.35 bits per heavy atom. The van der Waals surface area contributed by atoms with Crippen molar-refractivity contribution in [3.8, 4) is 5.75 Å². The molecule has 0 unspecified atom stereocenters. The molecule has 1 aliphatic rings. The van der Waals surface area contributed by atoms with Crippen LogP contribution in [0.5, 0.6) is 5.75 Å². The van der Waals surface area contributed by atoms with Crippen LogP contribution in [0.2, 0.25) is 0 Å². The lowest BCUT2D eigenvalue weighted by molar-refractivity contribution is -0.129. The van der Waals surface area contributed by atoms with E-state index in [1.54, 1.807) is 20.2 Å². The summed E-state index contributed by atoms with van der Waals surface area (Å²) in [5.41, 5.74) is 0. The number of rotatable bonds is 2. The van der Waals surface area contributed by atoms with Crippen LogP contribution in [-0.2, 0) is 4.79 Å². The van der Waals surface area contributed by atoms with Crippen molar-refractivity contribution in [1.82, 2.24) is 9.88 Å². The Hall–Kier alpha value is -1.78. The molecule has 0 aliphatic carbocycles. The standard InChI is InChI=1S/C12H17N3O2/c1-10(16)14-6-8-15(9-7-14)12-11(17-2)4-3-5-13-12/h3-5H,6-9H2,1-2H3. The predicted octanol–water partition coefficient (Wildman–Crippen LogP) is 0.759. The second-order valence-corrected chi connectivity index (χ2v) is 4.02. The number of ether oxygens (including phenoxy) is 1. The van der Waals surface area contributed by atoms with E-state index in [0.717, 1.165) is 37.7 Å². The van der Waals surface area contributed by atoms with Crippen molar-refractivity contribution in [3.63, 3.8) is 0 Å². The SMILES string of the molecule is COc1cccnc1N1CCN(C(C)=O)CC1. The maximum Gasteiger partial charge on any atom is 0.219 e. The number of hydrogen-bond acceptors (Lipinski definition) is 4. The van der Waals surface area contributed by atoms with Gasteiger partial charge in [-0.2, -0.15) is 0 Å². The van der Waals surface area contributed by atoms with Crippen LogP contribution < -0.4 is 9.64 Å². The lowest BCUT2D eigenvalue weighted by atomic mass is 10.3. The molecule has 0 spiro atoms. The Labute approximate surface area is 101 Å². The van der Waals surface area contributed by atoms with E-state index in [1.807, 2.05) is 17.0 Å². The Bertz CT molecular complexity index is 400. The fraction of sp³-hybridized carbons (Fsp3) is 0.500. The first-order valence-corrected chi connectivity index (χ1v) is 5.72. The number of aromatic nitrogens is 1.